The van der Waals surface area contributed by atoms with Gasteiger partial charge in [0.1, 0.15) is 11.4 Å². The van der Waals surface area contributed by atoms with Gasteiger partial charge in [0.25, 0.3) is 0 Å². The molecule has 1 aliphatic carbocycles. The molecule has 1 aromatic heterocycles. The first-order valence-electron chi connectivity index (χ1n) is 13.2. The first-order chi connectivity index (χ1) is 17.8. The number of aromatic amines is 1. The van der Waals surface area contributed by atoms with Gasteiger partial charge in [0.15, 0.2) is 0 Å². The van der Waals surface area contributed by atoms with Crippen LogP contribution in [0.5, 0.6) is 0 Å². The maximum Gasteiger partial charge on any atom is 0.407 e. The zero-order valence-electron chi connectivity index (χ0n) is 22.0. The van der Waals surface area contributed by atoms with Crippen LogP contribution in [0.2, 0.25) is 0 Å². The van der Waals surface area contributed by atoms with Gasteiger partial charge >= 0.3 is 6.09 Å². The Kier molecular flexibility index (Phi) is 8.64. The highest BCUT2D eigenvalue weighted by molar-refractivity contribution is 5.79. The number of amides is 2. The van der Waals surface area contributed by atoms with Crippen molar-refractivity contribution in [3.8, 4) is 11.3 Å². The Morgan fingerprint density at radius 1 is 1.00 bits per heavy atom. The van der Waals surface area contributed by atoms with Gasteiger partial charge in [-0.05, 0) is 69.9 Å². The van der Waals surface area contributed by atoms with Crippen LogP contribution in [0.25, 0.3) is 11.3 Å². The number of nitrogens with one attached hydrogen (secondary N) is 3. The molecular formula is C30H38N4O3. The van der Waals surface area contributed by atoms with Crippen LogP contribution in [0.4, 0.5) is 4.79 Å². The molecule has 1 heterocycles. The maximum atomic E-state index is 13.3. The van der Waals surface area contributed by atoms with Gasteiger partial charge in [-0.25, -0.2) is 9.78 Å². The van der Waals surface area contributed by atoms with E-state index in [9.17, 15) is 9.59 Å². The molecule has 0 radical (unpaired) electrons. The average molecular weight is 503 g/mol. The standard InChI is InChI=1S/C30H38N4O3/c1-30(2,3)37-29(36)32-19-22-14-16-24(17-15-22)28(35)34-25(18-21-10-6-4-7-11-21)27-31-20-26(33-27)23-12-8-5-9-13-23/h4-13,20,22,24-25H,14-19H2,1-3H3,(H,31,33)(H,32,36)(H,34,35). The minimum Gasteiger partial charge on any atom is -0.444 e. The summed E-state index contributed by atoms with van der Waals surface area (Å²) in [6.45, 7) is 6.14. The summed E-state index contributed by atoms with van der Waals surface area (Å²) in [7, 11) is 0. The number of alkyl carbamates (subject to hydrolysis) is 1. The molecule has 0 spiro atoms. The molecule has 0 aliphatic heterocycles. The number of hydrogen-bond donors (Lipinski definition) is 3. The summed E-state index contributed by atoms with van der Waals surface area (Å²) in [5.41, 5.74) is 2.62. The summed E-state index contributed by atoms with van der Waals surface area (Å²) in [5, 5.41) is 6.16. The number of nitrogens with zero attached hydrogens (tertiary/aromatic N) is 1. The molecule has 1 unspecified atom stereocenters. The van der Waals surface area contributed by atoms with Crippen LogP contribution in [0.15, 0.2) is 66.9 Å². The smallest absolute Gasteiger partial charge is 0.407 e. The molecule has 4 rings (SSSR count). The van der Waals surface area contributed by atoms with E-state index in [1.807, 2.05) is 75.5 Å². The lowest BCUT2D eigenvalue weighted by atomic mass is 9.81. The van der Waals surface area contributed by atoms with Crippen LogP contribution >= 0.6 is 0 Å². The topological polar surface area (TPSA) is 96.1 Å². The molecule has 1 fully saturated rings. The fraction of sp³-hybridized carbons (Fsp3) is 0.433. The number of aromatic nitrogens is 2. The first kappa shape index (κ1) is 26.5. The number of carbonyl (C=O) groups excluding carboxylic acids is 2. The maximum absolute atomic E-state index is 13.3. The van der Waals surface area contributed by atoms with Crippen molar-refractivity contribution in [3.63, 3.8) is 0 Å². The first-order valence-corrected chi connectivity index (χ1v) is 13.2. The molecule has 3 N–H and O–H groups in total. The van der Waals surface area contributed by atoms with E-state index >= 15 is 0 Å². The number of H-pyrrole nitrogens is 1. The molecule has 1 aliphatic rings. The van der Waals surface area contributed by atoms with Crippen molar-refractivity contribution in [1.29, 1.82) is 0 Å². The Hall–Kier alpha value is -3.61. The predicted octanol–water partition coefficient (Wildman–Crippen LogP) is 5.81. The second kappa shape index (κ2) is 12.1. The van der Waals surface area contributed by atoms with Crippen LogP contribution < -0.4 is 10.6 Å². The molecule has 2 aromatic carbocycles. The molecule has 1 atom stereocenters. The molecule has 3 aromatic rings. The van der Waals surface area contributed by atoms with Crippen molar-refractivity contribution >= 4 is 12.0 Å². The van der Waals surface area contributed by atoms with Crippen LogP contribution in [-0.2, 0) is 16.0 Å². The highest BCUT2D eigenvalue weighted by Gasteiger charge is 2.29. The van der Waals surface area contributed by atoms with Gasteiger partial charge in [-0.2, -0.15) is 0 Å². The van der Waals surface area contributed by atoms with Crippen LogP contribution in [0.1, 0.15) is 63.9 Å². The fourth-order valence-corrected chi connectivity index (χ4v) is 4.80. The van der Waals surface area contributed by atoms with Gasteiger partial charge in [0.05, 0.1) is 17.9 Å². The lowest BCUT2D eigenvalue weighted by molar-refractivity contribution is -0.127. The van der Waals surface area contributed by atoms with Crippen molar-refractivity contribution in [2.24, 2.45) is 11.8 Å². The molecule has 7 nitrogen and oxygen atoms in total. The molecule has 196 valence electrons. The van der Waals surface area contributed by atoms with Crippen molar-refractivity contribution in [2.75, 3.05) is 6.54 Å². The van der Waals surface area contributed by atoms with Gasteiger partial charge in [0.2, 0.25) is 5.91 Å². The Morgan fingerprint density at radius 2 is 1.65 bits per heavy atom. The summed E-state index contributed by atoms with van der Waals surface area (Å²) in [4.78, 5) is 33.4. The molecule has 2 amide bonds. The normalized spacial score (nSPS) is 18.6. The van der Waals surface area contributed by atoms with Gasteiger partial charge in [-0.1, -0.05) is 60.7 Å². The second-order valence-electron chi connectivity index (χ2n) is 10.9. The van der Waals surface area contributed by atoms with E-state index in [-0.39, 0.29) is 24.0 Å². The monoisotopic (exact) mass is 502 g/mol. The van der Waals surface area contributed by atoms with Crippen molar-refractivity contribution in [3.05, 3.63) is 78.2 Å². The predicted molar refractivity (Wildman–Crippen MR) is 145 cm³/mol. The van der Waals surface area contributed by atoms with Gasteiger partial charge in [-0.15, -0.1) is 0 Å². The highest BCUT2D eigenvalue weighted by Crippen LogP contribution is 2.30. The summed E-state index contributed by atoms with van der Waals surface area (Å²) in [5.74, 6) is 1.14. The third-order valence-corrected chi connectivity index (χ3v) is 6.76. The zero-order valence-corrected chi connectivity index (χ0v) is 22.0. The van der Waals surface area contributed by atoms with E-state index in [2.05, 4.69) is 32.7 Å². The Labute approximate surface area is 219 Å². The largest absolute Gasteiger partial charge is 0.444 e. The molecule has 7 heteroatoms. The summed E-state index contributed by atoms with van der Waals surface area (Å²) < 4.78 is 5.33. The quantitative estimate of drug-likeness (QED) is 0.362. The van der Waals surface area contributed by atoms with E-state index in [1.54, 1.807) is 0 Å². The highest BCUT2D eigenvalue weighted by atomic mass is 16.6. The third-order valence-electron chi connectivity index (χ3n) is 6.76. The number of hydrogen-bond acceptors (Lipinski definition) is 4. The summed E-state index contributed by atoms with van der Waals surface area (Å²) in [6, 6.07) is 20.0. The number of benzene rings is 2. The second-order valence-corrected chi connectivity index (χ2v) is 10.9. The van der Waals surface area contributed by atoms with Gasteiger partial charge in [-0.3, -0.25) is 4.79 Å². The lowest BCUT2D eigenvalue weighted by Gasteiger charge is -2.29. The fourth-order valence-electron chi connectivity index (χ4n) is 4.80. The number of ether oxygens (including phenoxy) is 1. The Balaban J connectivity index is 1.36. The van der Waals surface area contributed by atoms with Crippen LogP contribution in [0, 0.1) is 11.8 Å². The van der Waals surface area contributed by atoms with Crippen LogP contribution in [-0.4, -0.2) is 34.1 Å². The van der Waals surface area contributed by atoms with Gasteiger partial charge < -0.3 is 20.4 Å². The molecule has 1 saturated carbocycles. The summed E-state index contributed by atoms with van der Waals surface area (Å²) in [6.07, 6.45) is 5.51. The van der Waals surface area contributed by atoms with E-state index in [4.69, 9.17) is 4.74 Å². The van der Waals surface area contributed by atoms with Crippen LogP contribution in [0.3, 0.4) is 0 Å². The Bertz CT molecular complexity index is 1150. The van der Waals surface area contributed by atoms with Crippen molar-refractivity contribution < 1.29 is 14.3 Å². The molecule has 37 heavy (non-hydrogen) atoms. The Morgan fingerprint density at radius 3 is 2.30 bits per heavy atom. The molecule has 0 bridgehead atoms. The van der Waals surface area contributed by atoms with E-state index in [1.165, 1.54) is 0 Å². The minimum absolute atomic E-state index is 0.0420. The van der Waals surface area contributed by atoms with Gasteiger partial charge in [0, 0.05) is 12.5 Å². The molecular weight excluding hydrogens is 464 g/mol. The number of carbonyl (C=O) groups is 2. The summed E-state index contributed by atoms with van der Waals surface area (Å²) >= 11 is 0. The lowest BCUT2D eigenvalue weighted by Crippen LogP contribution is -2.39. The SMILES string of the molecule is CC(C)(C)OC(=O)NCC1CCC(C(=O)NC(Cc2ccccc2)c2ncc(-c3ccccc3)[nH]2)CC1. The number of rotatable bonds is 8. The third kappa shape index (κ3) is 7.94. The van der Waals surface area contributed by atoms with E-state index in [0.717, 1.165) is 48.3 Å². The van der Waals surface area contributed by atoms with Crippen molar-refractivity contribution in [2.45, 2.75) is 64.5 Å². The number of imidazole rings is 1. The van der Waals surface area contributed by atoms with Crippen molar-refractivity contribution in [1.82, 2.24) is 20.6 Å². The molecule has 0 saturated heterocycles. The average Bonchev–Trinajstić information content (AvgIpc) is 3.38. The van der Waals surface area contributed by atoms with E-state index in [0.29, 0.717) is 18.9 Å². The van der Waals surface area contributed by atoms with E-state index < -0.39 is 5.60 Å². The zero-order chi connectivity index (χ0) is 26.3. The minimum atomic E-state index is -0.508.